The highest BCUT2D eigenvalue weighted by molar-refractivity contribution is 8.17. The average Bonchev–Trinajstić information content (AvgIpc) is 2.90. The molecule has 3 saturated carbocycles. The van der Waals surface area contributed by atoms with Crippen LogP contribution in [0, 0.1) is 34.5 Å². The number of hydrogen-bond acceptors (Lipinski definition) is 4. The van der Waals surface area contributed by atoms with Crippen molar-refractivity contribution in [3.63, 3.8) is 0 Å². The lowest BCUT2D eigenvalue weighted by Gasteiger charge is -2.60. The van der Waals surface area contributed by atoms with E-state index in [0.29, 0.717) is 41.3 Å². The van der Waals surface area contributed by atoms with Gasteiger partial charge in [0.05, 0.1) is 4.91 Å². The lowest BCUT2D eigenvalue weighted by molar-refractivity contribution is -0.133. The smallest absolute Gasteiger partial charge is 0.190 e. The fourth-order valence-electron chi connectivity index (χ4n) is 7.01. The molecule has 0 amide bonds. The lowest BCUT2D eigenvalue weighted by atomic mass is 9.44. The number of carbonyl (C=O) groups excluding carboxylic acids is 3. The number of carbonyl (C=O) groups is 3. The normalized spacial score (nSPS) is 44.1. The Bertz CT molecular complexity index is 793. The van der Waals surface area contributed by atoms with Crippen LogP contribution in [0.3, 0.4) is 0 Å². The maximum Gasteiger partial charge on any atom is 0.190 e. The van der Waals surface area contributed by atoms with Crippen LogP contribution in [0.5, 0.6) is 0 Å². The van der Waals surface area contributed by atoms with Crippen LogP contribution in [0.1, 0.15) is 66.2 Å². The minimum Gasteiger partial charge on any atom is -0.299 e. The zero-order chi connectivity index (χ0) is 19.7. The molecule has 1 unspecified atom stereocenters. The molecule has 3 fully saturated rings. The Kier molecular flexibility index (Phi) is 4.38. The second-order valence-corrected chi connectivity index (χ2v) is 10.8. The van der Waals surface area contributed by atoms with Gasteiger partial charge in [0.15, 0.2) is 10.9 Å². The molecule has 0 aliphatic heterocycles. The van der Waals surface area contributed by atoms with Gasteiger partial charge in [-0.25, -0.2) is 0 Å². The number of allylic oxidation sites excluding steroid dienone is 2. The van der Waals surface area contributed by atoms with E-state index in [0.717, 1.165) is 48.6 Å². The van der Waals surface area contributed by atoms with Crippen molar-refractivity contribution in [2.75, 3.05) is 0 Å². The average molecular weight is 387 g/mol. The summed E-state index contributed by atoms with van der Waals surface area (Å²) in [7, 11) is 0. The van der Waals surface area contributed by atoms with E-state index in [9.17, 15) is 14.4 Å². The summed E-state index contributed by atoms with van der Waals surface area (Å²) in [5, 5.41) is -0.0321. The van der Waals surface area contributed by atoms with Crippen LogP contribution in [0.2, 0.25) is 0 Å². The molecule has 4 aliphatic carbocycles. The minimum absolute atomic E-state index is 0.0321. The predicted octanol–water partition coefficient (Wildman–Crippen LogP) is 5.11. The quantitative estimate of drug-likeness (QED) is 0.628. The molecule has 4 heteroatoms. The third-order valence-electron chi connectivity index (χ3n) is 8.48. The topological polar surface area (TPSA) is 51.2 Å². The molecule has 0 spiro atoms. The first-order valence-electron chi connectivity index (χ1n) is 10.3. The van der Waals surface area contributed by atoms with E-state index in [-0.39, 0.29) is 27.6 Å². The van der Waals surface area contributed by atoms with Crippen LogP contribution in [-0.4, -0.2) is 16.7 Å². The fourth-order valence-corrected chi connectivity index (χ4v) is 7.98. The number of ketones is 2. The second-order valence-electron chi connectivity index (χ2n) is 9.66. The Morgan fingerprint density at radius 1 is 1.07 bits per heavy atom. The largest absolute Gasteiger partial charge is 0.299 e. The highest BCUT2D eigenvalue weighted by atomic mass is 32.2. The van der Waals surface area contributed by atoms with Gasteiger partial charge in [-0.2, -0.15) is 0 Å². The van der Waals surface area contributed by atoms with Gasteiger partial charge in [0.1, 0.15) is 5.78 Å². The number of fused-ring (bicyclic) bond motifs is 5. The van der Waals surface area contributed by atoms with Crippen molar-refractivity contribution >= 4 is 28.4 Å². The van der Waals surface area contributed by atoms with Gasteiger partial charge in [0.2, 0.25) is 0 Å². The zero-order valence-electron chi connectivity index (χ0n) is 16.9. The van der Waals surface area contributed by atoms with E-state index >= 15 is 0 Å². The number of hydrogen-bond donors (Lipinski definition) is 0. The van der Waals surface area contributed by atoms with Gasteiger partial charge < -0.3 is 0 Å². The van der Waals surface area contributed by atoms with E-state index in [1.165, 1.54) is 6.92 Å². The highest BCUT2D eigenvalue weighted by Crippen LogP contribution is 2.67. The van der Waals surface area contributed by atoms with Crippen molar-refractivity contribution in [2.24, 2.45) is 34.5 Å². The summed E-state index contributed by atoms with van der Waals surface area (Å²) in [4.78, 5) is 37.9. The van der Waals surface area contributed by atoms with Gasteiger partial charge in [-0.15, -0.1) is 0 Å². The molecule has 0 radical (unpaired) electrons. The standard InChI is InChI=1S/C23H30O3S/c1-12-13(2)20-21(27-14(3)24)17(25)9-11-23(20,5)16-8-10-22(4)15(19(12)16)6-7-18(22)26/h12,15-16,19H,2,6-11H2,1,3-5H3/t12?,15-,16+,19-,22-,23+/m0/s1. The van der Waals surface area contributed by atoms with Gasteiger partial charge in [0, 0.05) is 25.2 Å². The van der Waals surface area contributed by atoms with E-state index in [1.807, 2.05) is 0 Å². The number of thioether (sulfide) groups is 1. The molecule has 0 aromatic heterocycles. The Morgan fingerprint density at radius 3 is 2.41 bits per heavy atom. The van der Waals surface area contributed by atoms with Crippen LogP contribution >= 0.6 is 11.8 Å². The fraction of sp³-hybridized carbons (Fsp3) is 0.696. The molecule has 0 saturated heterocycles. The molecule has 3 nitrogen and oxygen atoms in total. The molecule has 6 atom stereocenters. The van der Waals surface area contributed by atoms with Crippen LogP contribution in [-0.2, 0) is 14.4 Å². The monoisotopic (exact) mass is 386 g/mol. The molecule has 0 heterocycles. The molecular formula is C23H30O3S. The zero-order valence-corrected chi connectivity index (χ0v) is 17.7. The number of Topliss-reactive ketones (excluding diaryl/α,β-unsaturated/α-hetero) is 2. The van der Waals surface area contributed by atoms with E-state index in [2.05, 4.69) is 27.4 Å². The van der Waals surface area contributed by atoms with Gasteiger partial charge >= 0.3 is 0 Å². The summed E-state index contributed by atoms with van der Waals surface area (Å²) in [6.45, 7) is 12.7. The molecule has 4 rings (SSSR count). The molecule has 0 aromatic carbocycles. The van der Waals surface area contributed by atoms with Crippen molar-refractivity contribution in [2.45, 2.75) is 66.2 Å². The van der Waals surface area contributed by atoms with E-state index in [4.69, 9.17) is 0 Å². The summed E-state index contributed by atoms with van der Waals surface area (Å²) in [6.07, 6.45) is 5.06. The van der Waals surface area contributed by atoms with Crippen LogP contribution < -0.4 is 0 Å². The summed E-state index contributed by atoms with van der Waals surface area (Å²) >= 11 is 1.11. The molecule has 0 N–H and O–H groups in total. The Morgan fingerprint density at radius 2 is 1.74 bits per heavy atom. The predicted molar refractivity (Wildman–Crippen MR) is 108 cm³/mol. The van der Waals surface area contributed by atoms with Gasteiger partial charge in [0.25, 0.3) is 0 Å². The van der Waals surface area contributed by atoms with Gasteiger partial charge in [-0.3, -0.25) is 14.4 Å². The van der Waals surface area contributed by atoms with Crippen LogP contribution in [0.25, 0.3) is 0 Å². The molecule has 0 bridgehead atoms. The van der Waals surface area contributed by atoms with Crippen molar-refractivity contribution in [3.05, 3.63) is 22.6 Å². The van der Waals surface area contributed by atoms with Gasteiger partial charge in [-0.05, 0) is 77.7 Å². The number of rotatable bonds is 1. The Labute approximate surface area is 166 Å². The van der Waals surface area contributed by atoms with Crippen molar-refractivity contribution < 1.29 is 14.4 Å². The molecule has 0 aromatic rings. The summed E-state index contributed by atoms with van der Waals surface area (Å²) in [6, 6.07) is 0. The Hall–Kier alpha value is -1.16. The third-order valence-corrected chi connectivity index (χ3v) is 9.40. The van der Waals surface area contributed by atoms with Crippen molar-refractivity contribution in [1.29, 1.82) is 0 Å². The SMILES string of the molecule is C=C1C2=C(SC(C)=O)C(=O)CC[C@]2(C)[C@@H]2CC[C@]3(C)C(=O)CC[C@H]3[C@@H]2C1C. The van der Waals surface area contributed by atoms with Crippen LogP contribution in [0.15, 0.2) is 22.6 Å². The van der Waals surface area contributed by atoms with Crippen molar-refractivity contribution in [3.8, 4) is 0 Å². The summed E-state index contributed by atoms with van der Waals surface area (Å²) in [5.41, 5.74) is 1.83. The molecular weight excluding hydrogens is 356 g/mol. The molecule has 4 aliphatic rings. The maximum atomic E-state index is 12.7. The lowest BCUT2D eigenvalue weighted by Crippen LogP contribution is -2.54. The first-order chi connectivity index (χ1) is 12.6. The van der Waals surface area contributed by atoms with Crippen LogP contribution in [0.4, 0.5) is 0 Å². The summed E-state index contributed by atoms with van der Waals surface area (Å²) in [5.74, 6) is 2.14. The molecule has 27 heavy (non-hydrogen) atoms. The molecule has 146 valence electrons. The first-order valence-corrected chi connectivity index (χ1v) is 11.1. The highest BCUT2D eigenvalue weighted by Gasteiger charge is 2.62. The second kappa shape index (κ2) is 6.17. The summed E-state index contributed by atoms with van der Waals surface area (Å²) < 4.78 is 0. The minimum atomic E-state index is -0.172. The third kappa shape index (κ3) is 2.51. The van der Waals surface area contributed by atoms with E-state index in [1.54, 1.807) is 0 Å². The van der Waals surface area contributed by atoms with Gasteiger partial charge in [-0.1, -0.05) is 27.4 Å². The first kappa shape index (κ1) is 19.2. The van der Waals surface area contributed by atoms with Crippen molar-refractivity contribution in [1.82, 2.24) is 0 Å². The Balaban J connectivity index is 1.84. The van der Waals surface area contributed by atoms with E-state index < -0.39 is 0 Å². The maximum absolute atomic E-state index is 12.7.